The second-order valence-corrected chi connectivity index (χ2v) is 5.43. The lowest BCUT2D eigenvalue weighted by Crippen LogP contribution is -2.49. The van der Waals surface area contributed by atoms with Gasteiger partial charge in [0.1, 0.15) is 5.56 Å². The molecular formula is C12H15N3O3S. The third kappa shape index (κ3) is 2.52. The van der Waals surface area contributed by atoms with Gasteiger partial charge in [-0.1, -0.05) is 6.92 Å². The number of nitrogens with one attached hydrogen (secondary N) is 1. The minimum atomic E-state index is -0.738. The average molecular weight is 281 g/mol. The van der Waals surface area contributed by atoms with Crippen molar-refractivity contribution in [3.8, 4) is 0 Å². The molecule has 2 heterocycles. The van der Waals surface area contributed by atoms with E-state index >= 15 is 0 Å². The zero-order valence-corrected chi connectivity index (χ0v) is 11.5. The summed E-state index contributed by atoms with van der Waals surface area (Å²) in [6.45, 7) is 3.38. The number of rotatable bonds is 4. The molecule has 2 N–H and O–H groups in total. The molecule has 1 unspecified atom stereocenters. The lowest BCUT2D eigenvalue weighted by Gasteiger charge is -2.26. The molecule has 0 fully saturated rings. The Morgan fingerprint density at radius 3 is 3.00 bits per heavy atom. The van der Waals surface area contributed by atoms with E-state index in [1.54, 1.807) is 18.5 Å². The van der Waals surface area contributed by atoms with Crippen LogP contribution >= 0.6 is 11.3 Å². The van der Waals surface area contributed by atoms with Crippen LogP contribution in [0.4, 0.5) is 0 Å². The fraction of sp³-hybridized carbons (Fsp3) is 0.417. The van der Waals surface area contributed by atoms with Crippen molar-refractivity contribution >= 4 is 22.2 Å². The molecule has 0 bridgehead atoms. The van der Waals surface area contributed by atoms with Gasteiger partial charge in [-0.3, -0.25) is 14.0 Å². The highest BCUT2D eigenvalue weighted by Gasteiger charge is 2.25. The van der Waals surface area contributed by atoms with Crippen LogP contribution in [0.3, 0.4) is 0 Å². The largest absolute Gasteiger partial charge is 0.394 e. The van der Waals surface area contributed by atoms with Gasteiger partial charge in [0.2, 0.25) is 0 Å². The first kappa shape index (κ1) is 13.7. The fourth-order valence-corrected chi connectivity index (χ4v) is 2.24. The van der Waals surface area contributed by atoms with Crippen LogP contribution in [-0.4, -0.2) is 32.5 Å². The molecule has 2 aromatic rings. The van der Waals surface area contributed by atoms with Crippen LogP contribution in [0.25, 0.3) is 4.96 Å². The van der Waals surface area contributed by atoms with E-state index < -0.39 is 17.0 Å². The summed E-state index contributed by atoms with van der Waals surface area (Å²) in [7, 11) is 0. The van der Waals surface area contributed by atoms with Gasteiger partial charge in [-0.15, -0.1) is 11.3 Å². The number of aromatic nitrogens is 2. The number of hydrogen-bond donors (Lipinski definition) is 2. The Labute approximate surface area is 113 Å². The minimum absolute atomic E-state index is 0.0241. The first-order valence-electron chi connectivity index (χ1n) is 5.89. The molecule has 1 amide bonds. The Morgan fingerprint density at radius 2 is 2.37 bits per heavy atom. The van der Waals surface area contributed by atoms with Crippen LogP contribution in [-0.2, 0) is 0 Å². The number of aliphatic hydroxyl groups excluding tert-OH is 1. The van der Waals surface area contributed by atoms with Crippen LogP contribution in [0.5, 0.6) is 0 Å². The van der Waals surface area contributed by atoms with Gasteiger partial charge < -0.3 is 10.4 Å². The molecule has 102 valence electrons. The van der Waals surface area contributed by atoms with Crippen molar-refractivity contribution < 1.29 is 9.90 Å². The highest BCUT2D eigenvalue weighted by Crippen LogP contribution is 2.10. The van der Waals surface area contributed by atoms with E-state index in [2.05, 4.69) is 10.3 Å². The molecule has 19 heavy (non-hydrogen) atoms. The molecule has 0 spiro atoms. The molecule has 2 aromatic heterocycles. The van der Waals surface area contributed by atoms with Crippen LogP contribution in [0.1, 0.15) is 30.6 Å². The van der Waals surface area contributed by atoms with Crippen molar-refractivity contribution in [2.75, 3.05) is 6.61 Å². The average Bonchev–Trinajstić information content (AvgIpc) is 2.88. The summed E-state index contributed by atoms with van der Waals surface area (Å²) in [4.78, 5) is 28.8. The van der Waals surface area contributed by atoms with Crippen molar-refractivity contribution in [1.82, 2.24) is 14.7 Å². The molecule has 1 atom stereocenters. The van der Waals surface area contributed by atoms with Gasteiger partial charge in [0.25, 0.3) is 11.5 Å². The SMILES string of the molecule is CCC(C)(CO)NC(=O)c1cnc2sccn2c1=O. The van der Waals surface area contributed by atoms with Gasteiger partial charge in [0, 0.05) is 17.8 Å². The zero-order chi connectivity index (χ0) is 14.0. The van der Waals surface area contributed by atoms with Crippen molar-refractivity contribution in [2.24, 2.45) is 0 Å². The normalized spacial score (nSPS) is 14.3. The lowest BCUT2D eigenvalue weighted by atomic mass is 10.00. The number of aliphatic hydroxyl groups is 1. The Bertz CT molecular complexity index is 658. The zero-order valence-electron chi connectivity index (χ0n) is 10.7. The molecule has 0 saturated carbocycles. The number of hydrogen-bond acceptors (Lipinski definition) is 5. The molecule has 0 aliphatic carbocycles. The van der Waals surface area contributed by atoms with Gasteiger partial charge in [-0.25, -0.2) is 4.98 Å². The van der Waals surface area contributed by atoms with E-state index in [9.17, 15) is 14.7 Å². The number of thiazole rings is 1. The third-order valence-corrected chi connectivity index (χ3v) is 3.90. The quantitative estimate of drug-likeness (QED) is 0.861. The highest BCUT2D eigenvalue weighted by molar-refractivity contribution is 7.15. The molecule has 0 saturated heterocycles. The van der Waals surface area contributed by atoms with Crippen molar-refractivity contribution in [3.05, 3.63) is 33.7 Å². The predicted octanol–water partition coefficient (Wildman–Crippen LogP) is 0.647. The summed E-state index contributed by atoms with van der Waals surface area (Å²) in [5.74, 6) is -0.517. The first-order chi connectivity index (χ1) is 9.00. The Hall–Kier alpha value is -1.73. The van der Waals surface area contributed by atoms with Crippen LogP contribution in [0.15, 0.2) is 22.6 Å². The molecule has 0 aromatic carbocycles. The summed E-state index contributed by atoms with van der Waals surface area (Å²) < 4.78 is 1.34. The first-order valence-corrected chi connectivity index (χ1v) is 6.77. The topological polar surface area (TPSA) is 83.7 Å². The lowest BCUT2D eigenvalue weighted by molar-refractivity contribution is 0.0845. The van der Waals surface area contributed by atoms with E-state index in [4.69, 9.17) is 0 Å². The molecular weight excluding hydrogens is 266 g/mol. The molecule has 7 heteroatoms. The van der Waals surface area contributed by atoms with Gasteiger partial charge in [-0.05, 0) is 13.3 Å². The van der Waals surface area contributed by atoms with Gasteiger partial charge in [0.05, 0.1) is 12.1 Å². The summed E-state index contributed by atoms with van der Waals surface area (Å²) in [6, 6.07) is 0. The predicted molar refractivity (Wildman–Crippen MR) is 72.6 cm³/mol. The van der Waals surface area contributed by atoms with Crippen LogP contribution in [0, 0.1) is 0 Å². The molecule has 0 aliphatic heterocycles. The number of fused-ring (bicyclic) bond motifs is 1. The molecule has 2 rings (SSSR count). The van der Waals surface area contributed by atoms with Gasteiger partial charge in [0.15, 0.2) is 4.96 Å². The third-order valence-electron chi connectivity index (χ3n) is 3.13. The summed E-state index contributed by atoms with van der Waals surface area (Å²) in [5.41, 5.74) is -1.16. The minimum Gasteiger partial charge on any atom is -0.394 e. The Balaban J connectivity index is 2.37. The fourth-order valence-electron chi connectivity index (χ4n) is 1.56. The summed E-state index contributed by atoms with van der Waals surface area (Å²) >= 11 is 1.32. The van der Waals surface area contributed by atoms with Crippen LogP contribution in [0.2, 0.25) is 0 Å². The Kier molecular flexibility index (Phi) is 3.68. The smallest absolute Gasteiger partial charge is 0.271 e. The highest BCUT2D eigenvalue weighted by atomic mass is 32.1. The van der Waals surface area contributed by atoms with Crippen molar-refractivity contribution in [2.45, 2.75) is 25.8 Å². The maximum atomic E-state index is 12.1. The van der Waals surface area contributed by atoms with Gasteiger partial charge >= 0.3 is 0 Å². The number of carbonyl (C=O) groups excluding carboxylic acids is 1. The standard InChI is InChI=1S/C12H15N3O3S/c1-3-12(2,7-16)14-9(17)8-6-13-11-15(10(8)18)4-5-19-11/h4-6,16H,3,7H2,1-2H3,(H,14,17). The van der Waals surface area contributed by atoms with E-state index in [0.717, 1.165) is 0 Å². The molecule has 6 nitrogen and oxygen atoms in total. The van der Waals surface area contributed by atoms with E-state index in [1.807, 2.05) is 6.92 Å². The van der Waals surface area contributed by atoms with E-state index in [1.165, 1.54) is 21.9 Å². The van der Waals surface area contributed by atoms with Crippen molar-refractivity contribution in [1.29, 1.82) is 0 Å². The van der Waals surface area contributed by atoms with Crippen LogP contribution < -0.4 is 10.9 Å². The van der Waals surface area contributed by atoms with E-state index in [0.29, 0.717) is 11.4 Å². The number of amides is 1. The van der Waals surface area contributed by atoms with Crippen molar-refractivity contribution in [3.63, 3.8) is 0 Å². The second kappa shape index (κ2) is 5.10. The summed E-state index contributed by atoms with van der Waals surface area (Å²) in [5, 5.41) is 13.7. The molecule has 0 aliphatic rings. The van der Waals surface area contributed by atoms with E-state index in [-0.39, 0.29) is 12.2 Å². The maximum Gasteiger partial charge on any atom is 0.271 e. The molecule has 0 radical (unpaired) electrons. The number of carbonyl (C=O) groups is 1. The number of nitrogens with zero attached hydrogens (tertiary/aromatic N) is 2. The summed E-state index contributed by atoms with van der Waals surface area (Å²) in [6.07, 6.45) is 3.42. The maximum absolute atomic E-state index is 12.1. The Morgan fingerprint density at radius 1 is 1.63 bits per heavy atom. The monoisotopic (exact) mass is 281 g/mol. The second-order valence-electron chi connectivity index (χ2n) is 4.56. The van der Waals surface area contributed by atoms with Gasteiger partial charge in [-0.2, -0.15) is 0 Å².